The van der Waals surface area contributed by atoms with Gasteiger partial charge >= 0.3 is 0 Å². The van der Waals surface area contributed by atoms with Crippen molar-refractivity contribution < 1.29 is 9.84 Å². The van der Waals surface area contributed by atoms with Crippen LogP contribution in [-0.4, -0.2) is 16.3 Å². The van der Waals surface area contributed by atoms with Crippen LogP contribution in [0, 0.1) is 0 Å². The molecule has 1 N–H and O–H groups in total. The molecule has 1 aromatic heterocycles. The minimum atomic E-state index is 0.0654. The summed E-state index contributed by atoms with van der Waals surface area (Å²) in [6.07, 6.45) is 0. The largest absolute Gasteiger partial charge is 0.493 e. The third-order valence-electron chi connectivity index (χ3n) is 5.31. The standard InChI is InChI=1S/C26H26ClN3O2/c1-26(2,3)18-8-14-21(15-9-18)32-17-16-30-23-7-5-4-6-22(23)24(25(30)31)29-28-20-12-10-19(27)11-13-20/h4-15,31H,16-17H2,1-3H3. The van der Waals surface area contributed by atoms with E-state index in [1.165, 1.54) is 5.56 Å². The van der Waals surface area contributed by atoms with E-state index in [4.69, 9.17) is 16.3 Å². The molecule has 0 atom stereocenters. The maximum atomic E-state index is 10.9. The number of halogens is 1. The molecule has 0 amide bonds. The highest BCUT2D eigenvalue weighted by atomic mass is 35.5. The van der Waals surface area contributed by atoms with Gasteiger partial charge in [-0.2, -0.15) is 5.11 Å². The Morgan fingerprint density at radius 1 is 0.906 bits per heavy atom. The van der Waals surface area contributed by atoms with Gasteiger partial charge in [0.05, 0.1) is 17.7 Å². The molecule has 6 heteroatoms. The Labute approximate surface area is 192 Å². The second kappa shape index (κ2) is 9.05. The molecule has 32 heavy (non-hydrogen) atoms. The van der Waals surface area contributed by atoms with E-state index < -0.39 is 0 Å². The zero-order valence-electron chi connectivity index (χ0n) is 18.4. The molecule has 0 bridgehead atoms. The zero-order chi connectivity index (χ0) is 22.7. The van der Waals surface area contributed by atoms with E-state index >= 15 is 0 Å². The van der Waals surface area contributed by atoms with Gasteiger partial charge in [-0.15, -0.1) is 5.11 Å². The van der Waals surface area contributed by atoms with Gasteiger partial charge < -0.3 is 14.4 Å². The summed E-state index contributed by atoms with van der Waals surface area (Å²) < 4.78 is 7.73. The van der Waals surface area contributed by atoms with Crippen LogP contribution in [0.4, 0.5) is 11.4 Å². The second-order valence-corrected chi connectivity index (χ2v) is 9.08. The fourth-order valence-electron chi connectivity index (χ4n) is 3.52. The maximum absolute atomic E-state index is 10.9. The number of hydrogen-bond acceptors (Lipinski definition) is 4. The van der Waals surface area contributed by atoms with Crippen LogP contribution in [0.1, 0.15) is 26.3 Å². The number of nitrogens with zero attached hydrogens (tertiary/aromatic N) is 3. The van der Waals surface area contributed by atoms with Crippen molar-refractivity contribution in [3.8, 4) is 11.6 Å². The maximum Gasteiger partial charge on any atom is 0.220 e. The molecule has 5 nitrogen and oxygen atoms in total. The van der Waals surface area contributed by atoms with E-state index in [-0.39, 0.29) is 11.3 Å². The molecule has 4 aromatic rings. The molecule has 0 unspecified atom stereocenters. The number of benzene rings is 3. The van der Waals surface area contributed by atoms with Crippen LogP contribution in [0.15, 0.2) is 83.0 Å². The van der Waals surface area contributed by atoms with Gasteiger partial charge in [0.25, 0.3) is 0 Å². The van der Waals surface area contributed by atoms with Gasteiger partial charge in [-0.05, 0) is 53.4 Å². The molecule has 0 fully saturated rings. The minimum Gasteiger partial charge on any atom is -0.493 e. The summed E-state index contributed by atoms with van der Waals surface area (Å²) in [5, 5.41) is 20.9. The number of rotatable bonds is 6. The van der Waals surface area contributed by atoms with Crippen molar-refractivity contribution in [1.29, 1.82) is 0 Å². The van der Waals surface area contributed by atoms with E-state index in [9.17, 15) is 5.11 Å². The average Bonchev–Trinajstić information content (AvgIpc) is 3.04. The summed E-state index contributed by atoms with van der Waals surface area (Å²) >= 11 is 5.93. The third-order valence-corrected chi connectivity index (χ3v) is 5.57. The number of aromatic nitrogens is 1. The molecule has 0 aliphatic heterocycles. The lowest BCUT2D eigenvalue weighted by molar-refractivity contribution is 0.290. The molecule has 0 radical (unpaired) electrons. The smallest absolute Gasteiger partial charge is 0.220 e. The SMILES string of the molecule is CC(C)(C)c1ccc(OCCn2c(O)c(N=Nc3ccc(Cl)cc3)c3ccccc32)cc1. The number of azo groups is 1. The first-order valence-electron chi connectivity index (χ1n) is 10.5. The van der Waals surface area contributed by atoms with E-state index in [1.807, 2.05) is 36.4 Å². The topological polar surface area (TPSA) is 59.1 Å². The van der Waals surface area contributed by atoms with Gasteiger partial charge in [0.2, 0.25) is 5.88 Å². The first-order valence-corrected chi connectivity index (χ1v) is 10.9. The van der Waals surface area contributed by atoms with E-state index in [2.05, 4.69) is 43.1 Å². The van der Waals surface area contributed by atoms with Crippen LogP contribution in [0.25, 0.3) is 10.9 Å². The number of ether oxygens (including phenoxy) is 1. The molecule has 0 saturated heterocycles. The molecule has 0 aliphatic carbocycles. The van der Waals surface area contributed by atoms with Gasteiger partial charge in [-0.1, -0.05) is 62.7 Å². The predicted octanol–water partition coefficient (Wildman–Crippen LogP) is 7.79. The molecule has 3 aromatic carbocycles. The lowest BCUT2D eigenvalue weighted by Crippen LogP contribution is -2.11. The average molecular weight is 448 g/mol. The Morgan fingerprint density at radius 3 is 2.28 bits per heavy atom. The number of hydrogen-bond donors (Lipinski definition) is 1. The Hall–Kier alpha value is -3.31. The number of fused-ring (bicyclic) bond motifs is 1. The van der Waals surface area contributed by atoms with Gasteiger partial charge in [0.15, 0.2) is 5.69 Å². The van der Waals surface area contributed by atoms with Gasteiger partial charge in [0.1, 0.15) is 12.4 Å². The van der Waals surface area contributed by atoms with Crippen molar-refractivity contribution in [2.24, 2.45) is 10.2 Å². The quantitative estimate of drug-likeness (QED) is 0.306. The van der Waals surface area contributed by atoms with Crippen molar-refractivity contribution in [3.63, 3.8) is 0 Å². The van der Waals surface area contributed by atoms with E-state index in [0.29, 0.717) is 29.5 Å². The van der Waals surface area contributed by atoms with Crippen LogP contribution in [-0.2, 0) is 12.0 Å². The Morgan fingerprint density at radius 2 is 1.59 bits per heavy atom. The Bertz CT molecular complexity index is 1240. The molecule has 164 valence electrons. The summed E-state index contributed by atoms with van der Waals surface area (Å²) in [4.78, 5) is 0. The Balaban J connectivity index is 1.53. The number of aromatic hydroxyl groups is 1. The molecule has 1 heterocycles. The highest BCUT2D eigenvalue weighted by molar-refractivity contribution is 6.30. The van der Waals surface area contributed by atoms with E-state index in [1.54, 1.807) is 28.8 Å². The number of para-hydroxylation sites is 1. The summed E-state index contributed by atoms with van der Waals surface area (Å²) in [6, 6.07) is 22.9. The van der Waals surface area contributed by atoms with Crippen LogP contribution < -0.4 is 4.74 Å². The molecular formula is C26H26ClN3O2. The Kier molecular flexibility index (Phi) is 6.19. The van der Waals surface area contributed by atoms with Crippen LogP contribution in [0.2, 0.25) is 5.02 Å². The zero-order valence-corrected chi connectivity index (χ0v) is 19.2. The lowest BCUT2D eigenvalue weighted by Gasteiger charge is -2.19. The fraction of sp³-hybridized carbons (Fsp3) is 0.231. The predicted molar refractivity (Wildman–Crippen MR) is 130 cm³/mol. The van der Waals surface area contributed by atoms with Crippen molar-refractivity contribution in [2.45, 2.75) is 32.7 Å². The fourth-order valence-corrected chi connectivity index (χ4v) is 3.64. The van der Waals surface area contributed by atoms with Gasteiger partial charge in [0, 0.05) is 10.4 Å². The highest BCUT2D eigenvalue weighted by Crippen LogP contribution is 2.39. The van der Waals surface area contributed by atoms with Crippen LogP contribution in [0.3, 0.4) is 0 Å². The second-order valence-electron chi connectivity index (χ2n) is 8.64. The summed E-state index contributed by atoms with van der Waals surface area (Å²) in [6.45, 7) is 7.44. The molecule has 0 aliphatic rings. The van der Waals surface area contributed by atoms with Crippen LogP contribution >= 0.6 is 11.6 Å². The van der Waals surface area contributed by atoms with Gasteiger partial charge in [-0.25, -0.2) is 0 Å². The lowest BCUT2D eigenvalue weighted by atomic mass is 9.87. The van der Waals surface area contributed by atoms with Crippen LogP contribution in [0.5, 0.6) is 11.6 Å². The monoisotopic (exact) mass is 447 g/mol. The molecule has 4 rings (SSSR count). The van der Waals surface area contributed by atoms with Crippen molar-refractivity contribution >= 4 is 33.9 Å². The first kappa shape index (κ1) is 21.9. The summed E-state index contributed by atoms with van der Waals surface area (Å²) in [5.41, 5.74) is 3.33. The summed E-state index contributed by atoms with van der Waals surface area (Å²) in [7, 11) is 0. The van der Waals surface area contributed by atoms with Crippen molar-refractivity contribution in [1.82, 2.24) is 4.57 Å². The van der Waals surface area contributed by atoms with Crippen molar-refractivity contribution in [3.05, 3.63) is 83.4 Å². The van der Waals surface area contributed by atoms with Crippen molar-refractivity contribution in [2.75, 3.05) is 6.61 Å². The summed E-state index contributed by atoms with van der Waals surface area (Å²) in [5.74, 6) is 0.868. The molecule has 0 saturated carbocycles. The highest BCUT2D eigenvalue weighted by Gasteiger charge is 2.17. The van der Waals surface area contributed by atoms with E-state index in [0.717, 1.165) is 16.7 Å². The van der Waals surface area contributed by atoms with Gasteiger partial charge in [-0.3, -0.25) is 0 Å². The first-order chi connectivity index (χ1) is 15.3. The molecule has 0 spiro atoms. The molecular weight excluding hydrogens is 422 g/mol. The third kappa shape index (κ3) is 4.78. The minimum absolute atomic E-state index is 0.0654. The normalized spacial score (nSPS) is 12.0.